The van der Waals surface area contributed by atoms with Gasteiger partial charge in [-0.1, -0.05) is 32.9 Å². The van der Waals surface area contributed by atoms with Crippen molar-refractivity contribution in [1.29, 1.82) is 0 Å². The van der Waals surface area contributed by atoms with E-state index in [0.717, 1.165) is 35.0 Å². The van der Waals surface area contributed by atoms with Crippen LogP contribution in [0.5, 0.6) is 5.75 Å². The van der Waals surface area contributed by atoms with E-state index in [1.807, 2.05) is 32.0 Å². The molecule has 0 unspecified atom stereocenters. The molecule has 3 aromatic heterocycles. The first-order valence-electron chi connectivity index (χ1n) is 11.7. The van der Waals surface area contributed by atoms with Gasteiger partial charge in [0.15, 0.2) is 17.4 Å². The van der Waals surface area contributed by atoms with E-state index in [-0.39, 0.29) is 17.2 Å². The monoisotopic (exact) mass is 520 g/mol. The summed E-state index contributed by atoms with van der Waals surface area (Å²) in [4.78, 5) is 18.5. The molecule has 3 N–H and O–H groups in total. The molecular weight excluding hydrogens is 488 g/mol. The Hall–Kier alpha value is -4.36. The summed E-state index contributed by atoms with van der Waals surface area (Å²) in [5.74, 6) is 1.31. The van der Waals surface area contributed by atoms with Gasteiger partial charge in [0.2, 0.25) is 0 Å². The van der Waals surface area contributed by atoms with Crippen molar-refractivity contribution in [3.63, 3.8) is 0 Å². The molecule has 194 valence electrons. The molecule has 0 saturated carbocycles. The lowest BCUT2D eigenvalue weighted by Crippen LogP contribution is -2.26. The maximum atomic E-state index is 12.9. The Balaban J connectivity index is 0.00000115. The molecule has 1 amide bonds. The summed E-state index contributed by atoms with van der Waals surface area (Å²) in [7, 11) is 1.68. The Kier molecular flexibility index (Phi) is 11.6. The van der Waals surface area contributed by atoms with Gasteiger partial charge in [-0.25, -0.2) is 0 Å². The second kappa shape index (κ2) is 14.9. The van der Waals surface area contributed by atoms with E-state index in [9.17, 15) is 9.90 Å². The minimum absolute atomic E-state index is 0.155. The van der Waals surface area contributed by atoms with Crippen molar-refractivity contribution in [2.75, 3.05) is 17.7 Å². The molecule has 0 aliphatic carbocycles. The van der Waals surface area contributed by atoms with Gasteiger partial charge in [0.25, 0.3) is 5.91 Å². The van der Waals surface area contributed by atoms with Crippen molar-refractivity contribution in [2.45, 2.75) is 40.3 Å². The first kappa shape index (κ1) is 28.9. The molecule has 0 fully saturated rings. The lowest BCUT2D eigenvalue weighted by Gasteiger charge is -2.19. The van der Waals surface area contributed by atoms with E-state index >= 15 is 0 Å². The minimum atomic E-state index is -0.306. The molecule has 0 aliphatic rings. The van der Waals surface area contributed by atoms with E-state index in [1.54, 1.807) is 43.9 Å². The van der Waals surface area contributed by atoms with Crippen LogP contribution in [0.15, 0.2) is 59.5 Å². The summed E-state index contributed by atoms with van der Waals surface area (Å²) in [6.07, 6.45) is 14.0. The number of aromatic hydroxyl groups is 1. The first-order valence-corrected chi connectivity index (χ1v) is 12.5. The van der Waals surface area contributed by atoms with Gasteiger partial charge in [0.1, 0.15) is 5.76 Å². The van der Waals surface area contributed by atoms with E-state index in [2.05, 4.69) is 44.1 Å². The number of benzene rings is 1. The SMILES string of the molecule is C#C.CC.CCc1coc(CNc2nsnc2Nc2cccc(C(=O)N(C)Cc3cccnc3)c2O)c1. The summed E-state index contributed by atoms with van der Waals surface area (Å²) < 4.78 is 14.1. The Labute approximate surface area is 221 Å². The molecule has 4 aromatic rings. The lowest BCUT2D eigenvalue weighted by atomic mass is 10.1. The highest BCUT2D eigenvalue weighted by atomic mass is 32.1. The fourth-order valence-electron chi connectivity index (χ4n) is 3.25. The molecule has 3 heterocycles. The zero-order valence-electron chi connectivity index (χ0n) is 21.4. The fraction of sp³-hybridized carbons (Fsp3) is 0.259. The van der Waals surface area contributed by atoms with Gasteiger partial charge in [0.05, 0.1) is 35.8 Å². The second-order valence-corrected chi connectivity index (χ2v) is 7.97. The highest BCUT2D eigenvalue weighted by molar-refractivity contribution is 6.99. The number of rotatable bonds is 9. The van der Waals surface area contributed by atoms with Gasteiger partial charge in [-0.15, -0.1) is 12.8 Å². The third kappa shape index (κ3) is 7.81. The topological polar surface area (TPSA) is 116 Å². The van der Waals surface area contributed by atoms with Gasteiger partial charge in [0, 0.05) is 26.0 Å². The van der Waals surface area contributed by atoms with E-state index in [4.69, 9.17) is 4.42 Å². The lowest BCUT2D eigenvalue weighted by molar-refractivity contribution is 0.0782. The quantitative estimate of drug-likeness (QED) is 0.190. The molecule has 0 bridgehead atoms. The molecule has 37 heavy (non-hydrogen) atoms. The van der Waals surface area contributed by atoms with Crippen LogP contribution in [0, 0.1) is 12.8 Å². The minimum Gasteiger partial charge on any atom is -0.505 e. The number of nitrogens with zero attached hydrogens (tertiary/aromatic N) is 4. The van der Waals surface area contributed by atoms with Gasteiger partial charge >= 0.3 is 0 Å². The Bertz CT molecular complexity index is 1270. The van der Waals surface area contributed by atoms with Gasteiger partial charge in [-0.3, -0.25) is 9.78 Å². The van der Waals surface area contributed by atoms with Gasteiger partial charge < -0.3 is 25.1 Å². The number of pyridine rings is 1. The Morgan fingerprint density at radius 1 is 1.14 bits per heavy atom. The van der Waals surface area contributed by atoms with Crippen molar-refractivity contribution in [1.82, 2.24) is 18.6 Å². The normalized spacial score (nSPS) is 9.78. The average Bonchev–Trinajstić information content (AvgIpc) is 3.60. The van der Waals surface area contributed by atoms with E-state index < -0.39 is 0 Å². The number of terminal acetylenes is 1. The summed E-state index contributed by atoms with van der Waals surface area (Å²) >= 11 is 1.03. The average molecular weight is 521 g/mol. The summed E-state index contributed by atoms with van der Waals surface area (Å²) in [6.45, 7) is 6.89. The third-order valence-electron chi connectivity index (χ3n) is 5.04. The highest BCUT2D eigenvalue weighted by Gasteiger charge is 2.20. The van der Waals surface area contributed by atoms with Crippen LogP contribution in [-0.4, -0.2) is 36.7 Å². The molecule has 0 saturated heterocycles. The molecular formula is C27H32N6O3S. The number of nitrogens with one attached hydrogen (secondary N) is 2. The highest BCUT2D eigenvalue weighted by Crippen LogP contribution is 2.33. The van der Waals surface area contributed by atoms with Crippen molar-refractivity contribution >= 4 is 35.0 Å². The first-order chi connectivity index (χ1) is 18.0. The molecule has 10 heteroatoms. The van der Waals surface area contributed by atoms with Crippen molar-refractivity contribution in [3.8, 4) is 18.6 Å². The third-order valence-corrected chi connectivity index (χ3v) is 5.57. The van der Waals surface area contributed by atoms with Crippen LogP contribution in [0.4, 0.5) is 17.3 Å². The van der Waals surface area contributed by atoms with Crippen LogP contribution in [0.2, 0.25) is 0 Å². The number of phenols is 1. The number of carbonyl (C=O) groups excluding carboxylic acids is 1. The molecule has 4 rings (SSSR count). The zero-order chi connectivity index (χ0) is 27.2. The zero-order valence-corrected chi connectivity index (χ0v) is 22.2. The van der Waals surface area contributed by atoms with Crippen LogP contribution >= 0.6 is 11.7 Å². The van der Waals surface area contributed by atoms with Gasteiger partial charge in [-0.2, -0.15) is 8.75 Å². The van der Waals surface area contributed by atoms with Gasteiger partial charge in [-0.05, 0) is 41.8 Å². The molecule has 0 spiro atoms. The summed E-state index contributed by atoms with van der Waals surface area (Å²) in [5, 5.41) is 17.1. The fourth-order valence-corrected chi connectivity index (χ4v) is 3.74. The standard InChI is InChI=1S/C23H24N6O3S.C2H6.C2H2/c1-3-15-10-17(32-14-15)12-25-21-22(28-33-27-21)26-19-8-4-7-18(20(19)30)23(31)29(2)13-16-6-5-9-24-11-16;2*1-2/h4-11,14,30H,3,12-13H2,1-2H3,(H,25,27)(H,26,28);1-2H3;1-2H. The Morgan fingerprint density at radius 2 is 1.89 bits per heavy atom. The molecule has 1 aromatic carbocycles. The number of anilines is 3. The largest absolute Gasteiger partial charge is 0.505 e. The number of hydrogen-bond donors (Lipinski definition) is 3. The van der Waals surface area contributed by atoms with Crippen LogP contribution in [0.25, 0.3) is 0 Å². The molecule has 0 aliphatic heterocycles. The number of aryl methyl sites for hydroxylation is 1. The van der Waals surface area contributed by atoms with Crippen LogP contribution in [0.3, 0.4) is 0 Å². The number of para-hydroxylation sites is 1. The Morgan fingerprint density at radius 3 is 2.57 bits per heavy atom. The van der Waals surface area contributed by atoms with Crippen LogP contribution in [0.1, 0.15) is 48.0 Å². The van der Waals surface area contributed by atoms with Crippen LogP contribution < -0.4 is 10.6 Å². The maximum absolute atomic E-state index is 12.9. The predicted octanol–water partition coefficient (Wildman–Crippen LogP) is 5.70. The second-order valence-electron chi connectivity index (χ2n) is 7.44. The van der Waals surface area contributed by atoms with Crippen molar-refractivity contribution in [3.05, 3.63) is 77.5 Å². The number of furan rings is 1. The van der Waals surface area contributed by atoms with E-state index in [0.29, 0.717) is 30.4 Å². The van der Waals surface area contributed by atoms with Crippen LogP contribution in [-0.2, 0) is 19.5 Å². The number of carbonyl (C=O) groups is 1. The predicted molar refractivity (Wildman–Crippen MR) is 148 cm³/mol. The smallest absolute Gasteiger partial charge is 0.257 e. The maximum Gasteiger partial charge on any atom is 0.257 e. The number of phenolic OH excluding ortho intramolecular Hbond substituents is 1. The summed E-state index contributed by atoms with van der Waals surface area (Å²) in [5.41, 5.74) is 2.57. The summed E-state index contributed by atoms with van der Waals surface area (Å²) in [6, 6.07) is 10.7. The number of amides is 1. The molecule has 0 atom stereocenters. The van der Waals surface area contributed by atoms with Crippen molar-refractivity contribution < 1.29 is 14.3 Å². The number of aromatic nitrogens is 3. The molecule has 0 radical (unpaired) electrons. The van der Waals surface area contributed by atoms with Crippen molar-refractivity contribution in [2.24, 2.45) is 0 Å². The number of hydrogen-bond acceptors (Lipinski definition) is 9. The molecule has 9 nitrogen and oxygen atoms in total. The van der Waals surface area contributed by atoms with E-state index in [1.165, 1.54) is 4.90 Å².